The first-order valence-corrected chi connectivity index (χ1v) is 5.79. The molecule has 0 aromatic carbocycles. The molecule has 0 saturated heterocycles. The Hall–Kier alpha value is 0.270. The quantitative estimate of drug-likeness (QED) is 0.723. The van der Waals surface area contributed by atoms with Crippen molar-refractivity contribution in [1.29, 1.82) is 0 Å². The monoisotopic (exact) mass is 206 g/mol. The van der Waals surface area contributed by atoms with Crippen LogP contribution < -0.4 is 0 Å². The van der Waals surface area contributed by atoms with Gasteiger partial charge in [-0.25, -0.2) is 0 Å². The molecule has 80 valence electrons. The molecule has 0 aliphatic heterocycles. The Kier molecular flexibility index (Phi) is 6.01. The van der Waals surface area contributed by atoms with Gasteiger partial charge in [-0.2, -0.15) is 11.8 Å². The van der Waals surface area contributed by atoms with Gasteiger partial charge in [-0.15, -0.1) is 0 Å². The van der Waals surface area contributed by atoms with Crippen LogP contribution in [0.25, 0.3) is 0 Å². The van der Waals surface area contributed by atoms with Gasteiger partial charge in [0.05, 0.1) is 11.7 Å². The summed E-state index contributed by atoms with van der Waals surface area (Å²) in [5.41, 5.74) is -0.0363. The Labute approximate surface area is 86.1 Å². The van der Waals surface area contributed by atoms with Gasteiger partial charge in [0.2, 0.25) is 0 Å². The van der Waals surface area contributed by atoms with Gasteiger partial charge in [0, 0.05) is 12.4 Å². The zero-order valence-corrected chi connectivity index (χ0v) is 10.1. The molecule has 0 aliphatic carbocycles. The Morgan fingerprint density at radius 2 is 1.92 bits per heavy atom. The molecular formula is C10H22O2S. The van der Waals surface area contributed by atoms with E-state index in [2.05, 4.69) is 20.8 Å². The average molecular weight is 206 g/mol. The number of aliphatic hydroxyl groups excluding tert-OH is 1. The Balaban J connectivity index is 3.56. The molecule has 2 nitrogen and oxygen atoms in total. The molecule has 2 unspecified atom stereocenters. The van der Waals surface area contributed by atoms with E-state index in [0.717, 1.165) is 12.2 Å². The molecule has 0 bridgehead atoms. The second-order valence-corrected chi connectivity index (χ2v) is 5.52. The van der Waals surface area contributed by atoms with Crippen LogP contribution in [0.5, 0.6) is 0 Å². The molecule has 0 heterocycles. The van der Waals surface area contributed by atoms with Crippen LogP contribution in [0.2, 0.25) is 0 Å². The van der Waals surface area contributed by atoms with Gasteiger partial charge in [-0.05, 0) is 32.9 Å². The standard InChI is InChI=1S/C10H22O2S/c1-8(11)9(2)13-7-6-10(3,4)12-5/h8-9,11H,6-7H2,1-5H3. The van der Waals surface area contributed by atoms with Crippen LogP contribution in [-0.2, 0) is 4.74 Å². The molecule has 0 radical (unpaired) electrons. The van der Waals surface area contributed by atoms with Crippen molar-refractivity contribution in [1.82, 2.24) is 0 Å². The van der Waals surface area contributed by atoms with Crippen molar-refractivity contribution in [2.45, 2.75) is 51.1 Å². The fraction of sp³-hybridized carbons (Fsp3) is 1.00. The number of hydrogen-bond donors (Lipinski definition) is 1. The fourth-order valence-corrected chi connectivity index (χ4v) is 1.99. The molecule has 0 aromatic rings. The summed E-state index contributed by atoms with van der Waals surface area (Å²) in [6.07, 6.45) is 0.793. The summed E-state index contributed by atoms with van der Waals surface area (Å²) in [6.45, 7) is 8.05. The Morgan fingerprint density at radius 1 is 1.38 bits per heavy atom. The van der Waals surface area contributed by atoms with E-state index in [0.29, 0.717) is 5.25 Å². The summed E-state index contributed by atoms with van der Waals surface area (Å²) < 4.78 is 5.30. The third-order valence-electron chi connectivity index (χ3n) is 2.32. The summed E-state index contributed by atoms with van der Waals surface area (Å²) in [5, 5.41) is 9.57. The number of hydrogen-bond acceptors (Lipinski definition) is 3. The summed E-state index contributed by atoms with van der Waals surface area (Å²) in [5.74, 6) is 1.03. The normalized spacial score (nSPS) is 17.1. The highest BCUT2D eigenvalue weighted by Gasteiger charge is 2.17. The molecule has 3 heteroatoms. The van der Waals surface area contributed by atoms with Crippen LogP contribution in [-0.4, -0.2) is 34.9 Å². The first-order chi connectivity index (χ1) is 5.89. The van der Waals surface area contributed by atoms with Gasteiger partial charge in [0.25, 0.3) is 0 Å². The van der Waals surface area contributed by atoms with Crippen LogP contribution in [0.4, 0.5) is 0 Å². The fourth-order valence-electron chi connectivity index (χ4n) is 0.732. The highest BCUT2D eigenvalue weighted by atomic mass is 32.2. The number of methoxy groups -OCH3 is 1. The minimum Gasteiger partial charge on any atom is -0.392 e. The first kappa shape index (κ1) is 13.3. The number of ether oxygens (including phenoxy) is 1. The number of rotatable bonds is 6. The van der Waals surface area contributed by atoms with Crippen molar-refractivity contribution in [2.75, 3.05) is 12.9 Å². The van der Waals surface area contributed by atoms with Gasteiger partial charge >= 0.3 is 0 Å². The largest absolute Gasteiger partial charge is 0.392 e. The second kappa shape index (κ2) is 5.89. The molecule has 0 fully saturated rings. The molecule has 1 N–H and O–H groups in total. The van der Waals surface area contributed by atoms with Gasteiger partial charge in [0.15, 0.2) is 0 Å². The lowest BCUT2D eigenvalue weighted by Gasteiger charge is -2.23. The van der Waals surface area contributed by atoms with E-state index in [4.69, 9.17) is 4.74 Å². The smallest absolute Gasteiger partial charge is 0.0630 e. The molecule has 0 saturated carbocycles. The van der Waals surface area contributed by atoms with E-state index in [-0.39, 0.29) is 11.7 Å². The minimum absolute atomic E-state index is 0.0363. The zero-order chi connectivity index (χ0) is 10.5. The van der Waals surface area contributed by atoms with E-state index in [1.54, 1.807) is 18.9 Å². The van der Waals surface area contributed by atoms with E-state index in [9.17, 15) is 5.11 Å². The van der Waals surface area contributed by atoms with Crippen molar-refractivity contribution < 1.29 is 9.84 Å². The summed E-state index contributed by atoms with van der Waals surface area (Å²) in [7, 11) is 1.74. The number of thioether (sulfide) groups is 1. The van der Waals surface area contributed by atoms with Crippen molar-refractivity contribution in [3.05, 3.63) is 0 Å². The summed E-state index contributed by atoms with van der Waals surface area (Å²) >= 11 is 1.80. The van der Waals surface area contributed by atoms with Crippen LogP contribution in [0.15, 0.2) is 0 Å². The highest BCUT2D eigenvalue weighted by molar-refractivity contribution is 7.99. The minimum atomic E-state index is -0.226. The maximum atomic E-state index is 9.26. The molecule has 2 atom stereocenters. The van der Waals surface area contributed by atoms with Crippen LogP contribution in [0.1, 0.15) is 34.1 Å². The van der Waals surface area contributed by atoms with E-state index in [1.165, 1.54) is 0 Å². The van der Waals surface area contributed by atoms with Crippen LogP contribution >= 0.6 is 11.8 Å². The maximum Gasteiger partial charge on any atom is 0.0630 e. The molecule has 0 amide bonds. The molecule has 0 spiro atoms. The average Bonchev–Trinajstić information content (AvgIpc) is 2.04. The zero-order valence-electron chi connectivity index (χ0n) is 9.33. The Morgan fingerprint density at radius 3 is 2.31 bits per heavy atom. The van der Waals surface area contributed by atoms with E-state index in [1.807, 2.05) is 6.92 Å². The van der Waals surface area contributed by atoms with Crippen molar-refractivity contribution >= 4 is 11.8 Å². The van der Waals surface area contributed by atoms with Crippen LogP contribution in [0.3, 0.4) is 0 Å². The lowest BCUT2D eigenvalue weighted by Crippen LogP contribution is -2.24. The lowest BCUT2D eigenvalue weighted by molar-refractivity contribution is 0.0206. The van der Waals surface area contributed by atoms with Gasteiger partial charge in [0.1, 0.15) is 0 Å². The predicted octanol–water partition coefficient (Wildman–Crippen LogP) is 2.30. The maximum absolute atomic E-state index is 9.26. The first-order valence-electron chi connectivity index (χ1n) is 4.74. The predicted molar refractivity (Wildman–Crippen MR) is 59.3 cm³/mol. The molecule has 0 aromatic heterocycles. The number of aliphatic hydroxyl groups is 1. The molecule has 0 rings (SSSR count). The highest BCUT2D eigenvalue weighted by Crippen LogP contribution is 2.21. The van der Waals surface area contributed by atoms with Gasteiger partial charge in [-0.1, -0.05) is 6.92 Å². The van der Waals surface area contributed by atoms with Crippen LogP contribution in [0, 0.1) is 0 Å². The third kappa shape index (κ3) is 6.36. The molecular weight excluding hydrogens is 184 g/mol. The van der Waals surface area contributed by atoms with E-state index >= 15 is 0 Å². The summed E-state index contributed by atoms with van der Waals surface area (Å²) in [4.78, 5) is 0. The van der Waals surface area contributed by atoms with Crippen molar-refractivity contribution in [3.63, 3.8) is 0 Å². The van der Waals surface area contributed by atoms with Crippen molar-refractivity contribution in [3.8, 4) is 0 Å². The SMILES string of the molecule is COC(C)(C)CCSC(C)C(C)O. The molecule has 0 aliphatic rings. The third-order valence-corrected chi connectivity index (χ3v) is 3.68. The lowest BCUT2D eigenvalue weighted by atomic mass is 10.1. The van der Waals surface area contributed by atoms with Crippen molar-refractivity contribution in [2.24, 2.45) is 0 Å². The van der Waals surface area contributed by atoms with Gasteiger partial charge in [-0.3, -0.25) is 0 Å². The Bertz CT molecular complexity index is 135. The molecule has 13 heavy (non-hydrogen) atoms. The van der Waals surface area contributed by atoms with E-state index < -0.39 is 0 Å². The van der Waals surface area contributed by atoms with Gasteiger partial charge < -0.3 is 9.84 Å². The summed E-state index contributed by atoms with van der Waals surface area (Å²) in [6, 6.07) is 0. The topological polar surface area (TPSA) is 29.5 Å². The second-order valence-electron chi connectivity index (χ2n) is 4.03.